The van der Waals surface area contributed by atoms with Gasteiger partial charge in [0.1, 0.15) is 30.5 Å². The van der Waals surface area contributed by atoms with Crippen LogP contribution >= 0.6 is 0 Å². The van der Waals surface area contributed by atoms with Crippen molar-refractivity contribution in [2.45, 2.75) is 6.61 Å². The summed E-state index contributed by atoms with van der Waals surface area (Å²) in [5.74, 6) is 1.69. The predicted octanol–water partition coefficient (Wildman–Crippen LogP) is 2.91. The molecule has 0 fully saturated rings. The average Bonchev–Trinajstić information content (AvgIpc) is 2.45. The number of ether oxygens (including phenoxy) is 2. The van der Waals surface area contributed by atoms with E-state index in [-0.39, 0.29) is 5.75 Å². The Bertz CT molecular complexity index is 569. The van der Waals surface area contributed by atoms with Crippen LogP contribution in [0.25, 0.3) is 0 Å². The van der Waals surface area contributed by atoms with E-state index in [1.807, 2.05) is 44.4 Å². The van der Waals surface area contributed by atoms with Crippen molar-refractivity contribution in [3.63, 3.8) is 0 Å². The van der Waals surface area contributed by atoms with Crippen molar-refractivity contribution < 1.29 is 14.6 Å². The molecule has 2 rings (SSSR count). The van der Waals surface area contributed by atoms with Gasteiger partial charge >= 0.3 is 0 Å². The van der Waals surface area contributed by atoms with Crippen molar-refractivity contribution >= 4 is 0 Å². The fourth-order valence-electron chi connectivity index (χ4n) is 1.81. The second-order valence-electron chi connectivity index (χ2n) is 5.09. The van der Waals surface area contributed by atoms with E-state index in [1.54, 1.807) is 18.2 Å². The van der Waals surface area contributed by atoms with Crippen molar-refractivity contribution in [3.8, 4) is 17.2 Å². The van der Waals surface area contributed by atoms with Gasteiger partial charge in [0.15, 0.2) is 0 Å². The van der Waals surface area contributed by atoms with Gasteiger partial charge in [0, 0.05) is 12.6 Å². The van der Waals surface area contributed by atoms with Gasteiger partial charge in [-0.1, -0.05) is 18.2 Å². The summed E-state index contributed by atoms with van der Waals surface area (Å²) in [7, 11) is 4.03. The topological polar surface area (TPSA) is 41.9 Å². The maximum Gasteiger partial charge on any atom is 0.123 e. The van der Waals surface area contributed by atoms with Crippen molar-refractivity contribution in [1.29, 1.82) is 0 Å². The van der Waals surface area contributed by atoms with Crippen LogP contribution in [0.1, 0.15) is 5.56 Å². The maximum atomic E-state index is 9.39. The van der Waals surface area contributed by atoms with Crippen LogP contribution in [0.5, 0.6) is 17.2 Å². The molecule has 0 spiro atoms. The minimum Gasteiger partial charge on any atom is -0.508 e. The van der Waals surface area contributed by atoms with Gasteiger partial charge in [0.05, 0.1) is 0 Å². The lowest BCUT2D eigenvalue weighted by Gasteiger charge is -2.12. The minimum absolute atomic E-state index is 0.202. The summed E-state index contributed by atoms with van der Waals surface area (Å²) in [5, 5.41) is 9.39. The molecule has 0 unspecified atom stereocenters. The summed E-state index contributed by atoms with van der Waals surface area (Å²) >= 11 is 0. The number of hydrogen-bond donors (Lipinski definition) is 1. The molecular formula is C17H21NO3. The number of likely N-dealkylation sites (N-methyl/N-ethyl adjacent to an activating group) is 1. The molecule has 0 atom stereocenters. The van der Waals surface area contributed by atoms with E-state index in [4.69, 9.17) is 9.47 Å². The zero-order valence-electron chi connectivity index (χ0n) is 12.5. The van der Waals surface area contributed by atoms with Gasteiger partial charge in [-0.15, -0.1) is 0 Å². The van der Waals surface area contributed by atoms with Crippen LogP contribution < -0.4 is 9.47 Å². The molecule has 0 aliphatic rings. The largest absolute Gasteiger partial charge is 0.508 e. The second-order valence-corrected chi connectivity index (χ2v) is 5.09. The molecule has 0 saturated carbocycles. The Morgan fingerprint density at radius 1 is 0.952 bits per heavy atom. The first-order chi connectivity index (χ1) is 10.1. The quantitative estimate of drug-likeness (QED) is 0.850. The molecule has 1 N–H and O–H groups in total. The summed E-state index contributed by atoms with van der Waals surface area (Å²) < 4.78 is 11.3. The highest BCUT2D eigenvalue weighted by Gasteiger charge is 2.00. The molecule has 0 radical (unpaired) electrons. The molecule has 0 amide bonds. The Balaban J connectivity index is 1.88. The third kappa shape index (κ3) is 5.36. The molecule has 4 heteroatoms. The van der Waals surface area contributed by atoms with Gasteiger partial charge in [0.2, 0.25) is 0 Å². The van der Waals surface area contributed by atoms with Crippen molar-refractivity contribution in [1.82, 2.24) is 4.90 Å². The lowest BCUT2D eigenvalue weighted by atomic mass is 10.2. The van der Waals surface area contributed by atoms with Crippen LogP contribution in [0.15, 0.2) is 48.5 Å². The van der Waals surface area contributed by atoms with E-state index >= 15 is 0 Å². The normalized spacial score (nSPS) is 10.6. The summed E-state index contributed by atoms with van der Waals surface area (Å²) in [6.45, 7) is 1.97. The third-order valence-electron chi connectivity index (χ3n) is 2.93. The average molecular weight is 287 g/mol. The molecule has 112 valence electrons. The van der Waals surface area contributed by atoms with E-state index < -0.39 is 0 Å². The summed E-state index contributed by atoms with van der Waals surface area (Å²) in [6, 6.07) is 14.6. The van der Waals surface area contributed by atoms with Gasteiger partial charge in [0.25, 0.3) is 0 Å². The Morgan fingerprint density at radius 2 is 1.67 bits per heavy atom. The first-order valence-electron chi connectivity index (χ1n) is 6.92. The lowest BCUT2D eigenvalue weighted by Crippen LogP contribution is -2.19. The Hall–Kier alpha value is -2.20. The number of benzene rings is 2. The summed E-state index contributed by atoms with van der Waals surface area (Å²) in [5.41, 5.74) is 1.03. The molecule has 2 aromatic carbocycles. The molecule has 0 aliphatic carbocycles. The van der Waals surface area contributed by atoms with Crippen LogP contribution in [-0.2, 0) is 6.61 Å². The minimum atomic E-state index is 0.202. The van der Waals surface area contributed by atoms with E-state index in [0.717, 1.165) is 17.9 Å². The molecule has 2 aromatic rings. The van der Waals surface area contributed by atoms with Crippen molar-refractivity contribution in [2.24, 2.45) is 0 Å². The molecule has 0 heterocycles. The first kappa shape index (κ1) is 15.2. The monoisotopic (exact) mass is 287 g/mol. The predicted molar refractivity (Wildman–Crippen MR) is 82.9 cm³/mol. The fourth-order valence-corrected chi connectivity index (χ4v) is 1.81. The van der Waals surface area contributed by atoms with Crippen LogP contribution in [-0.4, -0.2) is 37.3 Å². The number of nitrogens with zero attached hydrogens (tertiary/aromatic N) is 1. The van der Waals surface area contributed by atoms with Crippen molar-refractivity contribution in [2.75, 3.05) is 27.2 Å². The van der Waals surface area contributed by atoms with Crippen LogP contribution in [0, 0.1) is 0 Å². The number of hydrogen-bond acceptors (Lipinski definition) is 4. The van der Waals surface area contributed by atoms with E-state index in [9.17, 15) is 5.11 Å². The molecule has 0 aromatic heterocycles. The molecule has 21 heavy (non-hydrogen) atoms. The lowest BCUT2D eigenvalue weighted by molar-refractivity contribution is 0.260. The highest BCUT2D eigenvalue weighted by molar-refractivity contribution is 5.33. The molecular weight excluding hydrogens is 266 g/mol. The molecule has 4 nitrogen and oxygen atoms in total. The SMILES string of the molecule is CN(C)CCOc1cccc(COc2cccc(O)c2)c1. The Kier molecular flexibility index (Phi) is 5.46. The van der Waals surface area contributed by atoms with E-state index in [2.05, 4.69) is 4.90 Å². The Morgan fingerprint density at radius 3 is 2.38 bits per heavy atom. The van der Waals surface area contributed by atoms with Crippen LogP contribution in [0.3, 0.4) is 0 Å². The van der Waals surface area contributed by atoms with Crippen molar-refractivity contribution in [3.05, 3.63) is 54.1 Å². The highest BCUT2D eigenvalue weighted by Crippen LogP contribution is 2.20. The number of rotatable bonds is 7. The fraction of sp³-hybridized carbons (Fsp3) is 0.294. The zero-order valence-corrected chi connectivity index (χ0v) is 12.5. The zero-order chi connectivity index (χ0) is 15.1. The number of phenols is 1. The molecule has 0 saturated heterocycles. The van der Waals surface area contributed by atoms with Gasteiger partial charge in [-0.2, -0.15) is 0 Å². The number of aromatic hydroxyl groups is 1. The summed E-state index contributed by atoms with van der Waals surface area (Å²) in [4.78, 5) is 2.08. The standard InChI is InChI=1S/C17H21NO3/c1-18(2)9-10-20-16-7-3-5-14(11-16)13-21-17-8-4-6-15(19)12-17/h3-8,11-12,19H,9-10,13H2,1-2H3. The first-order valence-corrected chi connectivity index (χ1v) is 6.92. The third-order valence-corrected chi connectivity index (χ3v) is 2.93. The van der Waals surface area contributed by atoms with Gasteiger partial charge in [-0.05, 0) is 43.9 Å². The van der Waals surface area contributed by atoms with Gasteiger partial charge in [-0.25, -0.2) is 0 Å². The number of phenolic OH excluding ortho intramolecular Hbond substituents is 1. The van der Waals surface area contributed by atoms with Gasteiger partial charge < -0.3 is 19.5 Å². The second kappa shape index (κ2) is 7.55. The highest BCUT2D eigenvalue weighted by atomic mass is 16.5. The maximum absolute atomic E-state index is 9.39. The smallest absolute Gasteiger partial charge is 0.123 e. The Labute approximate surface area is 125 Å². The van der Waals surface area contributed by atoms with E-state index in [1.165, 1.54) is 0 Å². The van der Waals surface area contributed by atoms with Gasteiger partial charge in [-0.3, -0.25) is 0 Å². The molecule has 0 bridgehead atoms. The summed E-state index contributed by atoms with van der Waals surface area (Å²) in [6.07, 6.45) is 0. The van der Waals surface area contributed by atoms with E-state index in [0.29, 0.717) is 19.0 Å². The van der Waals surface area contributed by atoms with Crippen LogP contribution in [0.2, 0.25) is 0 Å². The molecule has 0 aliphatic heterocycles. The van der Waals surface area contributed by atoms with Crippen LogP contribution in [0.4, 0.5) is 0 Å².